The second-order valence-corrected chi connectivity index (χ2v) is 13.2. The molecule has 2 aliphatic heterocycles. The quantitative estimate of drug-likeness (QED) is 0.0316. The first-order valence-corrected chi connectivity index (χ1v) is 16.6. The molecule has 5 heterocycles. The molecule has 2 aliphatic rings. The Kier molecular flexibility index (Phi) is 8.81. The van der Waals surface area contributed by atoms with Gasteiger partial charge in [0.1, 0.15) is 46.3 Å². The van der Waals surface area contributed by atoms with Gasteiger partial charge in [0.05, 0.1) is 0 Å². The van der Waals surface area contributed by atoms with E-state index in [-0.39, 0.29) is 33.6 Å². The lowest BCUT2D eigenvalue weighted by atomic mass is 10.0. The minimum absolute atomic E-state index is 0.000192. The third-order valence-corrected chi connectivity index (χ3v) is 10.2. The summed E-state index contributed by atoms with van der Waals surface area (Å²) in [4.78, 5) is 69.6. The number of nitrogen functional groups attached to an aromatic ring is 1. The van der Waals surface area contributed by atoms with E-state index in [2.05, 4.69) is 30.5 Å². The number of nitrogens with zero attached hydrogens (tertiary/aromatic N) is 7. The number of aliphatic carboxylic acids is 1. The monoisotopic (exact) mass is 713 g/mol. The highest BCUT2D eigenvalue weighted by Crippen LogP contribution is 2.41. The Hall–Kier alpha value is -5.41. The molecule has 0 aliphatic carbocycles. The van der Waals surface area contributed by atoms with E-state index in [1.165, 1.54) is 45.8 Å². The topological polar surface area (TPSA) is 268 Å². The molecule has 18 nitrogen and oxygen atoms in total. The Morgan fingerprint density at radius 2 is 2.00 bits per heavy atom. The smallest absolute Gasteiger partial charge is 0.352 e. The Balaban J connectivity index is 1.19. The summed E-state index contributed by atoms with van der Waals surface area (Å²) in [5, 5.41) is 51.2. The van der Waals surface area contributed by atoms with Crippen molar-refractivity contribution < 1.29 is 44.4 Å². The number of anilines is 1. The number of oxime groups is 1. The number of amides is 2. The number of aryl methyl sites for hydroxylation is 1. The molecule has 48 heavy (non-hydrogen) atoms. The van der Waals surface area contributed by atoms with E-state index < -0.39 is 64.5 Å². The number of hydrogen-bond donors (Lipinski definition) is 6. The maximum atomic E-state index is 13.4. The number of hydrogen-bond acceptors (Lipinski definition) is 16. The molecule has 0 bridgehead atoms. The second kappa shape index (κ2) is 13.0. The number of nitrogens with two attached hydrogens (primary N) is 1. The van der Waals surface area contributed by atoms with Gasteiger partial charge in [-0.3, -0.25) is 14.5 Å². The van der Waals surface area contributed by atoms with E-state index in [1.807, 2.05) is 0 Å². The fourth-order valence-electron chi connectivity index (χ4n) is 4.91. The number of β-lactam (4-membered cyclic amide) rings is 1. The Labute approximate surface area is 281 Å². The van der Waals surface area contributed by atoms with Crippen LogP contribution in [0.5, 0.6) is 11.5 Å². The summed E-state index contributed by atoms with van der Waals surface area (Å²) in [5.41, 5.74) is 5.71. The zero-order valence-corrected chi connectivity index (χ0v) is 26.9. The van der Waals surface area contributed by atoms with Crippen molar-refractivity contribution in [2.75, 3.05) is 17.2 Å². The predicted octanol–water partition coefficient (Wildman–Crippen LogP) is 1.03. The van der Waals surface area contributed by atoms with Crippen LogP contribution in [0.25, 0.3) is 5.78 Å². The molecule has 1 saturated heterocycles. The molecule has 248 valence electrons. The van der Waals surface area contributed by atoms with Crippen molar-refractivity contribution in [2.24, 2.45) is 5.16 Å². The minimum Gasteiger partial charge on any atom is -0.504 e. The van der Waals surface area contributed by atoms with Gasteiger partial charge in [-0.25, -0.2) is 19.6 Å². The van der Waals surface area contributed by atoms with Crippen molar-refractivity contribution in [1.29, 1.82) is 0 Å². The number of phenolic OH excluding ortho intramolecular Hbond substituents is 1. The number of thiazole rings is 1. The van der Waals surface area contributed by atoms with E-state index in [4.69, 9.17) is 10.6 Å². The largest absolute Gasteiger partial charge is 0.504 e. The van der Waals surface area contributed by atoms with E-state index >= 15 is 0 Å². The highest BCUT2D eigenvalue weighted by atomic mass is 32.2. The van der Waals surface area contributed by atoms with E-state index in [0.29, 0.717) is 22.1 Å². The number of thioether (sulfide) groups is 2. The lowest BCUT2D eigenvalue weighted by Crippen LogP contribution is -2.71. The number of nitrogens with one attached hydrogen (secondary N) is 1. The first kappa shape index (κ1) is 32.5. The zero-order chi connectivity index (χ0) is 34.3. The van der Waals surface area contributed by atoms with Gasteiger partial charge in [0.2, 0.25) is 0 Å². The highest BCUT2D eigenvalue weighted by Gasteiger charge is 2.54. The molecular formula is C27H23N9O9S3. The SMILES string of the molecule is Cc1cc(SCC2=C(C(=O)O)N3C(=O)[C@@H](NC(=O)C(=NOCc4ccc(O)c(O)c4C(=O)O)c4csc(N)n4)[C@H]3SC2)n2ncnc2n1. The van der Waals surface area contributed by atoms with Crippen LogP contribution in [0.1, 0.15) is 27.3 Å². The molecule has 1 aromatic carbocycles. The van der Waals surface area contributed by atoms with Gasteiger partial charge < -0.3 is 36.3 Å². The average Bonchev–Trinajstić information content (AvgIpc) is 3.70. The highest BCUT2D eigenvalue weighted by molar-refractivity contribution is 8.01. The maximum Gasteiger partial charge on any atom is 0.352 e. The number of fused-ring (bicyclic) bond motifs is 2. The third-order valence-electron chi connectivity index (χ3n) is 7.09. The Bertz CT molecular complexity index is 2060. The van der Waals surface area contributed by atoms with Crippen LogP contribution in [-0.4, -0.2) is 102 Å². The normalized spacial score (nSPS) is 17.6. The standard InChI is InChI=1S/C27H23N9O9S3/c1-10-4-15(36-27(31-10)29-9-30-36)46-6-12-7-47-23-18(22(40)35(23)19(12)25(43)44)33-21(39)17(13-8-48-26(28)32-13)34-45-5-11-2-3-14(37)20(38)16(11)24(41)42/h2-4,8-9,18,23,37-38H,5-7H2,1H3,(H2,28,32)(H,33,39)(H,41,42)(H,43,44)/t18-,23-/m1/s1. The fourth-order valence-corrected chi connectivity index (χ4v) is 8.00. The number of aromatic carboxylic acids is 1. The van der Waals surface area contributed by atoms with E-state index in [9.17, 15) is 39.6 Å². The lowest BCUT2D eigenvalue weighted by molar-refractivity contribution is -0.150. The molecule has 2 atom stereocenters. The summed E-state index contributed by atoms with van der Waals surface area (Å²) in [5.74, 6) is -4.99. The fraction of sp³-hybridized carbons (Fsp3) is 0.222. The molecule has 2 amide bonds. The van der Waals surface area contributed by atoms with Gasteiger partial charge in [0.25, 0.3) is 17.6 Å². The summed E-state index contributed by atoms with van der Waals surface area (Å²) < 4.78 is 1.54. The van der Waals surface area contributed by atoms with Crippen molar-refractivity contribution >= 4 is 75.2 Å². The van der Waals surface area contributed by atoms with Crippen molar-refractivity contribution in [2.45, 2.75) is 30.0 Å². The molecular weight excluding hydrogens is 691 g/mol. The number of carbonyl (C=O) groups excluding carboxylic acids is 2. The van der Waals surface area contributed by atoms with E-state index in [0.717, 1.165) is 22.3 Å². The van der Waals surface area contributed by atoms with Crippen molar-refractivity contribution in [3.8, 4) is 11.5 Å². The Morgan fingerprint density at radius 3 is 2.71 bits per heavy atom. The molecule has 4 aromatic rings. The van der Waals surface area contributed by atoms with Crippen molar-refractivity contribution in [3.63, 3.8) is 0 Å². The summed E-state index contributed by atoms with van der Waals surface area (Å²) in [7, 11) is 0. The molecule has 7 N–H and O–H groups in total. The van der Waals surface area contributed by atoms with Gasteiger partial charge in [0.15, 0.2) is 22.3 Å². The number of benzene rings is 1. The molecule has 0 radical (unpaired) electrons. The molecule has 0 unspecified atom stereocenters. The van der Waals surface area contributed by atoms with Gasteiger partial charge in [-0.05, 0) is 24.6 Å². The van der Waals surface area contributed by atoms with Crippen LogP contribution in [0.15, 0.2) is 51.4 Å². The Morgan fingerprint density at radius 1 is 1.21 bits per heavy atom. The summed E-state index contributed by atoms with van der Waals surface area (Å²) >= 11 is 3.60. The van der Waals surface area contributed by atoms with Crippen LogP contribution < -0.4 is 11.1 Å². The molecule has 21 heteroatoms. The number of carboxylic acids is 2. The minimum atomic E-state index is -1.54. The van der Waals surface area contributed by atoms with Crippen LogP contribution in [-0.2, 0) is 25.8 Å². The van der Waals surface area contributed by atoms with Crippen LogP contribution in [0.2, 0.25) is 0 Å². The third kappa shape index (κ3) is 6.04. The molecule has 6 rings (SSSR count). The van der Waals surface area contributed by atoms with Crippen LogP contribution >= 0.6 is 34.9 Å². The average molecular weight is 714 g/mol. The second-order valence-electron chi connectivity index (χ2n) is 10.2. The predicted molar refractivity (Wildman–Crippen MR) is 171 cm³/mol. The van der Waals surface area contributed by atoms with Gasteiger partial charge in [-0.15, -0.1) is 34.9 Å². The zero-order valence-electron chi connectivity index (χ0n) is 24.4. The van der Waals surface area contributed by atoms with Crippen LogP contribution in [0.4, 0.5) is 5.13 Å². The van der Waals surface area contributed by atoms with Crippen molar-refractivity contribution in [3.05, 3.63) is 63.7 Å². The number of aromatic nitrogens is 5. The maximum absolute atomic E-state index is 13.4. The summed E-state index contributed by atoms with van der Waals surface area (Å²) in [6.07, 6.45) is 1.37. The van der Waals surface area contributed by atoms with Gasteiger partial charge in [-0.2, -0.15) is 14.6 Å². The van der Waals surface area contributed by atoms with Gasteiger partial charge in [-0.1, -0.05) is 11.2 Å². The number of rotatable bonds is 11. The first-order valence-electron chi connectivity index (χ1n) is 13.6. The number of carbonyl (C=O) groups is 4. The number of carboxylic acid groups (broad SMARTS) is 2. The van der Waals surface area contributed by atoms with Crippen LogP contribution in [0.3, 0.4) is 0 Å². The molecule has 3 aromatic heterocycles. The number of phenols is 2. The molecule has 1 fully saturated rings. The molecule has 0 saturated carbocycles. The lowest BCUT2D eigenvalue weighted by Gasteiger charge is -2.49. The van der Waals surface area contributed by atoms with Crippen LogP contribution in [0, 0.1) is 6.92 Å². The number of aromatic hydroxyl groups is 2. The van der Waals surface area contributed by atoms with Gasteiger partial charge >= 0.3 is 11.9 Å². The molecule has 0 spiro atoms. The van der Waals surface area contributed by atoms with Gasteiger partial charge in [0, 0.05) is 28.1 Å². The summed E-state index contributed by atoms with van der Waals surface area (Å²) in [6.45, 7) is 1.27. The summed E-state index contributed by atoms with van der Waals surface area (Å²) in [6, 6.07) is 2.95. The first-order chi connectivity index (χ1) is 22.9. The van der Waals surface area contributed by atoms with Crippen molar-refractivity contribution in [1.82, 2.24) is 34.8 Å². The van der Waals surface area contributed by atoms with E-state index in [1.54, 1.807) is 13.0 Å².